The van der Waals surface area contributed by atoms with Crippen LogP contribution in [0.25, 0.3) is 0 Å². The predicted octanol–water partition coefficient (Wildman–Crippen LogP) is 1.75. The maximum Gasteiger partial charge on any atom is 0.418 e. The average Bonchev–Trinajstić information content (AvgIpc) is 2.98. The Morgan fingerprint density at radius 1 is 1.12 bits per heavy atom. The van der Waals surface area contributed by atoms with Crippen LogP contribution >= 0.6 is 0 Å². The van der Waals surface area contributed by atoms with Gasteiger partial charge in [0.25, 0.3) is 0 Å². The third kappa shape index (κ3) is 1.92. The Kier molecular flexibility index (Phi) is 2.47. The summed E-state index contributed by atoms with van der Waals surface area (Å²) in [6.07, 6.45) is -6.83. The highest BCUT2D eigenvalue weighted by molar-refractivity contribution is 7.92. The minimum absolute atomic E-state index is 0.160. The second-order valence-corrected chi connectivity index (χ2v) is 5.35. The van der Waals surface area contributed by atoms with Crippen molar-refractivity contribution < 1.29 is 26.3 Å². The monoisotopic (exact) mass is 252 g/mol. The lowest BCUT2D eigenvalue weighted by molar-refractivity contribution is -0.146. The molecule has 1 aromatic rings. The minimum Gasteiger partial charge on any atom is -0.342 e. The largest absolute Gasteiger partial charge is 0.418 e. The van der Waals surface area contributed by atoms with E-state index in [1.54, 1.807) is 6.07 Å². The van der Waals surface area contributed by atoms with Crippen LogP contribution in [0.5, 0.6) is 0 Å². The number of rotatable bonds is 2. The van der Waals surface area contributed by atoms with Gasteiger partial charge in [0, 0.05) is 0 Å². The molecule has 0 spiro atoms. The number of alkyl halides is 3. The Bertz CT molecular complexity index is 480. The number of sulfone groups is 1. The summed E-state index contributed by atoms with van der Waals surface area (Å²) in [5.41, 5.74) is -1.80. The molecule has 0 bridgehead atoms. The van der Waals surface area contributed by atoms with E-state index in [2.05, 4.69) is 4.74 Å². The fourth-order valence-electron chi connectivity index (χ4n) is 1.31. The molecule has 7 heteroatoms. The maximum absolute atomic E-state index is 12.1. The quantitative estimate of drug-likeness (QED) is 0.753. The number of ether oxygens (including phenoxy) is 1. The minimum atomic E-state index is -4.63. The molecule has 0 N–H and O–H groups in total. The molecular formula is C9H7F3O3S. The molecule has 2 rings (SSSR count). The molecule has 3 nitrogen and oxygen atoms in total. The Morgan fingerprint density at radius 2 is 1.69 bits per heavy atom. The van der Waals surface area contributed by atoms with Gasteiger partial charge in [-0.25, -0.2) is 8.42 Å². The lowest BCUT2D eigenvalue weighted by Crippen LogP contribution is -2.22. The third-order valence-electron chi connectivity index (χ3n) is 2.15. The Labute approximate surface area is 89.8 Å². The first-order valence-electron chi connectivity index (χ1n) is 4.34. The van der Waals surface area contributed by atoms with Crippen LogP contribution in [0.15, 0.2) is 35.2 Å². The predicted molar refractivity (Wildman–Crippen MR) is 48.3 cm³/mol. The zero-order chi connectivity index (χ0) is 12.0. The molecule has 1 aromatic carbocycles. The van der Waals surface area contributed by atoms with Crippen molar-refractivity contribution in [3.8, 4) is 0 Å². The van der Waals surface area contributed by atoms with Gasteiger partial charge < -0.3 is 4.74 Å². The van der Waals surface area contributed by atoms with E-state index in [0.29, 0.717) is 0 Å². The van der Waals surface area contributed by atoms with Crippen molar-refractivity contribution >= 4 is 9.84 Å². The highest BCUT2D eigenvalue weighted by Gasteiger charge is 2.64. The summed E-state index contributed by atoms with van der Waals surface area (Å²) in [5, 5.41) is 0. The van der Waals surface area contributed by atoms with Crippen LogP contribution in [0.4, 0.5) is 13.2 Å². The van der Waals surface area contributed by atoms with Gasteiger partial charge in [0.1, 0.15) is 0 Å². The molecule has 88 valence electrons. The van der Waals surface area contributed by atoms with Crippen LogP contribution in [-0.2, 0) is 14.6 Å². The fourth-order valence-corrected chi connectivity index (χ4v) is 2.86. The van der Waals surface area contributed by atoms with Crippen molar-refractivity contribution in [2.45, 2.75) is 22.6 Å². The van der Waals surface area contributed by atoms with E-state index >= 15 is 0 Å². The molecule has 0 unspecified atom stereocenters. The highest BCUT2D eigenvalue weighted by atomic mass is 32.2. The van der Waals surface area contributed by atoms with Gasteiger partial charge in [-0.2, -0.15) is 13.2 Å². The van der Waals surface area contributed by atoms with Crippen LogP contribution in [-0.4, -0.2) is 26.1 Å². The first-order valence-corrected chi connectivity index (χ1v) is 5.89. The number of benzene rings is 1. The van der Waals surface area contributed by atoms with Gasteiger partial charge in [0.05, 0.1) is 4.90 Å². The summed E-state index contributed by atoms with van der Waals surface area (Å²) in [4.78, 5) is -0.160. The molecule has 1 heterocycles. The summed E-state index contributed by atoms with van der Waals surface area (Å²) in [5.74, 6) is 0. The Balaban J connectivity index is 2.25. The summed E-state index contributed by atoms with van der Waals surface area (Å²) >= 11 is 0. The first-order chi connectivity index (χ1) is 7.33. The lowest BCUT2D eigenvalue weighted by atomic mass is 10.4. The second kappa shape index (κ2) is 3.46. The van der Waals surface area contributed by atoms with Crippen molar-refractivity contribution in [3.05, 3.63) is 30.3 Å². The molecule has 0 aliphatic carbocycles. The number of halogens is 3. The van der Waals surface area contributed by atoms with E-state index in [-0.39, 0.29) is 4.90 Å². The Morgan fingerprint density at radius 3 is 2.12 bits per heavy atom. The van der Waals surface area contributed by atoms with Gasteiger partial charge in [0.2, 0.25) is 9.84 Å². The summed E-state index contributed by atoms with van der Waals surface area (Å²) in [7, 11) is -4.04. The molecule has 0 radical (unpaired) electrons. The number of epoxide rings is 1. The van der Waals surface area contributed by atoms with Crippen LogP contribution in [0.3, 0.4) is 0 Å². The van der Waals surface area contributed by atoms with Gasteiger partial charge in [-0.1, -0.05) is 18.2 Å². The van der Waals surface area contributed by atoms with Gasteiger partial charge in [-0.05, 0) is 12.1 Å². The molecule has 1 aliphatic heterocycles. The average molecular weight is 252 g/mol. The summed E-state index contributed by atoms with van der Waals surface area (Å²) < 4.78 is 63.9. The van der Waals surface area contributed by atoms with Gasteiger partial charge in [-0.15, -0.1) is 0 Å². The maximum atomic E-state index is 12.1. The molecular weight excluding hydrogens is 245 g/mol. The van der Waals surface area contributed by atoms with E-state index in [4.69, 9.17) is 0 Å². The van der Waals surface area contributed by atoms with E-state index in [9.17, 15) is 21.6 Å². The fraction of sp³-hybridized carbons (Fsp3) is 0.333. The van der Waals surface area contributed by atoms with Gasteiger partial charge in [0.15, 0.2) is 11.5 Å². The Hall–Kier alpha value is -1.08. The second-order valence-electron chi connectivity index (χ2n) is 3.32. The summed E-state index contributed by atoms with van der Waals surface area (Å²) in [6, 6.07) is 6.94. The number of hydrogen-bond donors (Lipinski definition) is 0. The number of hydrogen-bond acceptors (Lipinski definition) is 3. The van der Waals surface area contributed by atoms with Crippen LogP contribution in [0.1, 0.15) is 0 Å². The smallest absolute Gasteiger partial charge is 0.342 e. The topological polar surface area (TPSA) is 46.7 Å². The van der Waals surface area contributed by atoms with Crippen molar-refractivity contribution in [2.24, 2.45) is 0 Å². The molecule has 1 aliphatic rings. The van der Waals surface area contributed by atoms with E-state index < -0.39 is 27.6 Å². The van der Waals surface area contributed by atoms with Crippen molar-refractivity contribution in [2.75, 3.05) is 0 Å². The van der Waals surface area contributed by atoms with Crippen molar-refractivity contribution in [1.82, 2.24) is 0 Å². The van der Waals surface area contributed by atoms with Gasteiger partial charge in [-0.3, -0.25) is 0 Å². The highest BCUT2D eigenvalue weighted by Crippen LogP contribution is 2.42. The van der Waals surface area contributed by atoms with Crippen LogP contribution in [0, 0.1) is 0 Å². The van der Waals surface area contributed by atoms with E-state index in [1.807, 2.05) is 0 Å². The zero-order valence-corrected chi connectivity index (χ0v) is 8.62. The van der Waals surface area contributed by atoms with Gasteiger partial charge >= 0.3 is 6.18 Å². The molecule has 1 saturated heterocycles. The van der Waals surface area contributed by atoms with Crippen molar-refractivity contribution in [3.63, 3.8) is 0 Å². The molecule has 2 atom stereocenters. The normalized spacial score (nSPS) is 25.4. The molecule has 1 fully saturated rings. The molecule has 16 heavy (non-hydrogen) atoms. The lowest BCUT2D eigenvalue weighted by Gasteiger charge is -2.02. The zero-order valence-electron chi connectivity index (χ0n) is 7.81. The van der Waals surface area contributed by atoms with E-state index in [1.165, 1.54) is 24.3 Å². The molecule has 0 aromatic heterocycles. The van der Waals surface area contributed by atoms with Crippen LogP contribution in [0.2, 0.25) is 0 Å². The molecule has 0 amide bonds. The molecule has 0 saturated carbocycles. The SMILES string of the molecule is O=S(=O)(c1ccccc1)[C@@H]1O[C@H]1C(F)(F)F. The van der Waals surface area contributed by atoms with Crippen molar-refractivity contribution in [1.29, 1.82) is 0 Å². The standard InChI is InChI=1S/C9H7F3O3S/c10-9(11,12)7-8(15-7)16(13,14)6-4-2-1-3-5-6/h1-5,7-8H/t7-,8+/m1/s1. The van der Waals surface area contributed by atoms with E-state index in [0.717, 1.165) is 0 Å². The summed E-state index contributed by atoms with van der Waals surface area (Å²) in [6.45, 7) is 0. The van der Waals surface area contributed by atoms with Crippen LogP contribution < -0.4 is 0 Å². The third-order valence-corrected chi connectivity index (χ3v) is 4.05. The first kappa shape index (κ1) is 11.4.